The molecular formula is C12H10ClNO2. The zero-order valence-electron chi connectivity index (χ0n) is 8.43. The molecule has 1 aromatic heterocycles. The molecule has 0 saturated carbocycles. The molecule has 0 radical (unpaired) electrons. The van der Waals surface area contributed by atoms with E-state index in [1.54, 1.807) is 12.3 Å². The van der Waals surface area contributed by atoms with Gasteiger partial charge in [-0.1, -0.05) is 23.7 Å². The van der Waals surface area contributed by atoms with Gasteiger partial charge in [-0.25, -0.2) is 0 Å². The Morgan fingerprint density at radius 1 is 1.25 bits per heavy atom. The number of aliphatic imine (C=N–C) groups is 1. The van der Waals surface area contributed by atoms with Gasteiger partial charge in [0.25, 0.3) is 5.95 Å². The van der Waals surface area contributed by atoms with Crippen LogP contribution < -0.4 is 0 Å². The van der Waals surface area contributed by atoms with Crippen LogP contribution in [0.1, 0.15) is 11.1 Å². The molecule has 0 bridgehead atoms. The van der Waals surface area contributed by atoms with Crippen molar-refractivity contribution in [1.82, 2.24) is 0 Å². The summed E-state index contributed by atoms with van der Waals surface area (Å²) in [4.78, 5) is 4.19. The number of aromatic hydroxyl groups is 1. The maximum Gasteiger partial charge on any atom is 0.290 e. The first-order valence-corrected chi connectivity index (χ1v) is 5.14. The molecule has 2 rings (SSSR count). The average Bonchev–Trinajstić information content (AvgIpc) is 2.68. The van der Waals surface area contributed by atoms with Gasteiger partial charge in [0, 0.05) is 11.2 Å². The molecule has 0 unspecified atom stereocenters. The van der Waals surface area contributed by atoms with Gasteiger partial charge < -0.3 is 9.52 Å². The Hall–Kier alpha value is -1.74. The largest absolute Gasteiger partial charge is 0.480 e. The van der Waals surface area contributed by atoms with Crippen molar-refractivity contribution in [3.63, 3.8) is 0 Å². The van der Waals surface area contributed by atoms with Crippen LogP contribution in [0.3, 0.4) is 0 Å². The van der Waals surface area contributed by atoms with E-state index in [0.717, 1.165) is 5.56 Å². The van der Waals surface area contributed by atoms with Crippen LogP contribution >= 0.6 is 11.6 Å². The minimum atomic E-state index is -0.111. The number of nitrogens with zero attached hydrogens (tertiary/aromatic N) is 1. The molecule has 1 aromatic carbocycles. The molecule has 0 aliphatic rings. The molecule has 3 nitrogen and oxygen atoms in total. The van der Waals surface area contributed by atoms with E-state index in [0.29, 0.717) is 17.1 Å². The third-order valence-corrected chi connectivity index (χ3v) is 2.34. The van der Waals surface area contributed by atoms with E-state index in [4.69, 9.17) is 16.0 Å². The van der Waals surface area contributed by atoms with Gasteiger partial charge in [0.2, 0.25) is 0 Å². The molecule has 0 spiro atoms. The van der Waals surface area contributed by atoms with Crippen molar-refractivity contribution < 1.29 is 9.52 Å². The van der Waals surface area contributed by atoms with Crippen LogP contribution in [0.25, 0.3) is 0 Å². The van der Waals surface area contributed by atoms with Gasteiger partial charge in [-0.05, 0) is 23.8 Å². The molecule has 0 aliphatic carbocycles. The van der Waals surface area contributed by atoms with Gasteiger partial charge >= 0.3 is 0 Å². The molecule has 82 valence electrons. The van der Waals surface area contributed by atoms with E-state index >= 15 is 0 Å². The SMILES string of the molecule is Oc1occc1C=NCc1ccc(Cl)cc1. The van der Waals surface area contributed by atoms with Gasteiger partial charge in [-0.15, -0.1) is 0 Å². The molecule has 2 aromatic rings. The van der Waals surface area contributed by atoms with Crippen LogP contribution in [-0.4, -0.2) is 11.3 Å². The van der Waals surface area contributed by atoms with Crippen molar-refractivity contribution in [2.75, 3.05) is 0 Å². The number of furan rings is 1. The minimum Gasteiger partial charge on any atom is -0.480 e. The summed E-state index contributed by atoms with van der Waals surface area (Å²) < 4.78 is 4.73. The lowest BCUT2D eigenvalue weighted by atomic mass is 10.2. The molecule has 0 aliphatic heterocycles. The summed E-state index contributed by atoms with van der Waals surface area (Å²) in [5.41, 5.74) is 1.64. The summed E-state index contributed by atoms with van der Waals surface area (Å²) in [6.45, 7) is 0.543. The summed E-state index contributed by atoms with van der Waals surface area (Å²) in [7, 11) is 0. The fourth-order valence-electron chi connectivity index (χ4n) is 1.25. The molecular weight excluding hydrogens is 226 g/mol. The Balaban J connectivity index is 2.00. The van der Waals surface area contributed by atoms with Crippen LogP contribution in [-0.2, 0) is 6.54 Å². The van der Waals surface area contributed by atoms with Crippen molar-refractivity contribution in [2.24, 2.45) is 4.99 Å². The summed E-state index contributed by atoms with van der Waals surface area (Å²) in [6.07, 6.45) is 2.99. The average molecular weight is 236 g/mol. The Morgan fingerprint density at radius 2 is 2.00 bits per heavy atom. The highest BCUT2D eigenvalue weighted by molar-refractivity contribution is 6.30. The zero-order chi connectivity index (χ0) is 11.4. The summed E-state index contributed by atoms with van der Waals surface area (Å²) in [5, 5.41) is 9.92. The molecule has 1 heterocycles. The Bertz CT molecular complexity index is 488. The third kappa shape index (κ3) is 2.64. The number of halogens is 1. The zero-order valence-corrected chi connectivity index (χ0v) is 9.19. The van der Waals surface area contributed by atoms with Crippen molar-refractivity contribution in [3.05, 3.63) is 52.7 Å². The molecule has 0 amide bonds. The number of rotatable bonds is 3. The first kappa shape index (κ1) is 10.8. The quantitative estimate of drug-likeness (QED) is 0.830. The monoisotopic (exact) mass is 235 g/mol. The van der Waals surface area contributed by atoms with Gasteiger partial charge in [0.05, 0.1) is 18.4 Å². The minimum absolute atomic E-state index is 0.111. The lowest BCUT2D eigenvalue weighted by Crippen LogP contribution is -1.82. The first-order chi connectivity index (χ1) is 7.75. The fourth-order valence-corrected chi connectivity index (χ4v) is 1.37. The second-order valence-electron chi connectivity index (χ2n) is 3.28. The van der Waals surface area contributed by atoms with Crippen LogP contribution in [0.5, 0.6) is 5.95 Å². The second kappa shape index (κ2) is 4.86. The Morgan fingerprint density at radius 3 is 2.62 bits per heavy atom. The van der Waals surface area contributed by atoms with Crippen molar-refractivity contribution in [3.8, 4) is 5.95 Å². The Kier molecular flexibility index (Phi) is 3.27. The normalized spacial score (nSPS) is 11.1. The highest BCUT2D eigenvalue weighted by Gasteiger charge is 1.99. The standard InChI is InChI=1S/C12H10ClNO2/c13-11-3-1-9(2-4-11)7-14-8-10-5-6-16-12(10)15/h1-6,8,15H,7H2. The van der Waals surface area contributed by atoms with Gasteiger partial charge in [-0.3, -0.25) is 4.99 Å². The fraction of sp³-hybridized carbons (Fsp3) is 0.0833. The highest BCUT2D eigenvalue weighted by Crippen LogP contribution is 2.15. The number of hydrogen-bond acceptors (Lipinski definition) is 3. The molecule has 0 atom stereocenters. The Labute approximate surface area is 98.0 Å². The van der Waals surface area contributed by atoms with Crippen LogP contribution in [0, 0.1) is 0 Å². The van der Waals surface area contributed by atoms with E-state index in [9.17, 15) is 5.11 Å². The number of hydrogen-bond donors (Lipinski definition) is 1. The summed E-state index contributed by atoms with van der Waals surface area (Å²) in [6, 6.07) is 9.12. The van der Waals surface area contributed by atoms with Gasteiger partial charge in [-0.2, -0.15) is 0 Å². The molecule has 1 N–H and O–H groups in total. The highest BCUT2D eigenvalue weighted by atomic mass is 35.5. The predicted molar refractivity (Wildman–Crippen MR) is 63.1 cm³/mol. The third-order valence-electron chi connectivity index (χ3n) is 2.09. The van der Waals surface area contributed by atoms with Crippen molar-refractivity contribution >= 4 is 17.8 Å². The van der Waals surface area contributed by atoms with E-state index in [-0.39, 0.29) is 5.95 Å². The molecule has 4 heteroatoms. The molecule has 0 fully saturated rings. The predicted octanol–water partition coefficient (Wildman–Crippen LogP) is 3.26. The first-order valence-electron chi connectivity index (χ1n) is 4.76. The number of benzene rings is 1. The summed E-state index contributed by atoms with van der Waals surface area (Å²) in [5.74, 6) is -0.111. The second-order valence-corrected chi connectivity index (χ2v) is 3.71. The lowest BCUT2D eigenvalue weighted by molar-refractivity contribution is 0.332. The molecule has 0 saturated heterocycles. The smallest absolute Gasteiger partial charge is 0.290 e. The summed E-state index contributed by atoms with van der Waals surface area (Å²) >= 11 is 5.76. The lowest BCUT2D eigenvalue weighted by Gasteiger charge is -1.95. The van der Waals surface area contributed by atoms with Crippen LogP contribution in [0.4, 0.5) is 0 Å². The van der Waals surface area contributed by atoms with E-state index in [2.05, 4.69) is 4.99 Å². The van der Waals surface area contributed by atoms with E-state index < -0.39 is 0 Å². The van der Waals surface area contributed by atoms with Gasteiger partial charge in [0.15, 0.2) is 0 Å². The van der Waals surface area contributed by atoms with E-state index in [1.807, 2.05) is 24.3 Å². The molecule has 16 heavy (non-hydrogen) atoms. The van der Waals surface area contributed by atoms with Gasteiger partial charge in [0.1, 0.15) is 0 Å². The van der Waals surface area contributed by atoms with Crippen LogP contribution in [0.15, 0.2) is 46.0 Å². The topological polar surface area (TPSA) is 45.7 Å². The van der Waals surface area contributed by atoms with Crippen LogP contribution in [0.2, 0.25) is 5.02 Å². The maximum atomic E-state index is 9.21. The van der Waals surface area contributed by atoms with Crippen molar-refractivity contribution in [2.45, 2.75) is 6.54 Å². The van der Waals surface area contributed by atoms with Crippen molar-refractivity contribution in [1.29, 1.82) is 0 Å². The van der Waals surface area contributed by atoms with E-state index in [1.165, 1.54) is 6.26 Å². The maximum absolute atomic E-state index is 9.21.